The highest BCUT2D eigenvalue weighted by atomic mass is 19.2. The number of hydrogen-bond donors (Lipinski definition) is 0. The molecule has 0 fully saturated rings. The van der Waals surface area contributed by atoms with Gasteiger partial charge in [-0.2, -0.15) is 0 Å². The first-order valence-corrected chi connectivity index (χ1v) is 16.1. The van der Waals surface area contributed by atoms with Crippen LogP contribution in [-0.2, 0) is 6.42 Å². The summed E-state index contributed by atoms with van der Waals surface area (Å²) in [5.41, 5.74) is 2.13. The van der Waals surface area contributed by atoms with Gasteiger partial charge in [0.15, 0.2) is 11.7 Å². The van der Waals surface area contributed by atoms with Gasteiger partial charge in [0, 0.05) is 22.3 Å². The van der Waals surface area contributed by atoms with E-state index in [2.05, 4.69) is 18.8 Å². The summed E-state index contributed by atoms with van der Waals surface area (Å²) in [6, 6.07) is 21.7. The molecule has 7 heteroatoms. The molecule has 0 N–H and O–H groups in total. The van der Waals surface area contributed by atoms with Gasteiger partial charge in [0.2, 0.25) is 0 Å². The quantitative estimate of drug-likeness (QED) is 0.0818. The smallest absolute Gasteiger partial charge is 0.169 e. The Morgan fingerprint density at radius 2 is 1.20 bits per heavy atom. The van der Waals surface area contributed by atoms with Crippen molar-refractivity contribution >= 4 is 11.7 Å². The third kappa shape index (κ3) is 8.26. The fraction of sp³-hybridized carbons (Fsp3) is 0.190. The van der Waals surface area contributed by atoms with Crippen LogP contribution >= 0.6 is 0 Å². The molecule has 0 aliphatic carbocycles. The largest absolute Gasteiger partial charge is 0.492 e. The normalized spacial score (nSPS) is 11.5. The first kappa shape index (κ1) is 35.1. The predicted octanol–water partition coefficient (Wildman–Crippen LogP) is 12.2. The van der Waals surface area contributed by atoms with Crippen LogP contribution in [0.5, 0.6) is 5.75 Å². The number of unbranched alkanes of at least 4 members (excludes halogenated alkanes) is 1. The number of rotatable bonds is 10. The molecule has 0 saturated carbocycles. The maximum absolute atomic E-state index is 15.3. The molecule has 0 heterocycles. The van der Waals surface area contributed by atoms with E-state index in [1.54, 1.807) is 43.3 Å². The van der Waals surface area contributed by atoms with Crippen LogP contribution in [0.3, 0.4) is 0 Å². The number of aryl methyl sites for hydroxylation is 2. The minimum absolute atomic E-state index is 0.0166. The molecule has 0 aliphatic rings. The SMILES string of the molecule is CCCCc1ccc(-c2cc(F)c(-c3ccc(C#Cc4cc(F)c(/C(F)=C(\F)c5ccc(C)cc5F)cc4OCCC)cc3)cc2F)cc1. The monoisotopic (exact) mass is 668 g/mol. The molecule has 0 radical (unpaired) electrons. The van der Waals surface area contributed by atoms with Crippen LogP contribution in [0.1, 0.15) is 66.5 Å². The lowest BCUT2D eigenvalue weighted by atomic mass is 9.97. The highest BCUT2D eigenvalue weighted by molar-refractivity contribution is 5.84. The topological polar surface area (TPSA) is 9.23 Å². The zero-order chi connectivity index (χ0) is 35.1. The standard InChI is InChI=1S/C42H34F6O/c1-4-6-7-27-9-14-29(15-10-27)33-23-39(46)34(24-38(33)45)30-16-11-28(12-17-30)13-18-31-22-37(44)35(25-40(31)49-20-5-2)42(48)41(47)32-19-8-26(3)21-36(32)43/h8-12,14-17,19,21-25H,4-7,20H2,1-3H3/b42-41+. The van der Waals surface area contributed by atoms with Gasteiger partial charge >= 0.3 is 0 Å². The molecule has 5 aromatic rings. The van der Waals surface area contributed by atoms with Crippen LogP contribution in [0.25, 0.3) is 33.9 Å². The fourth-order valence-electron chi connectivity index (χ4n) is 5.28. The summed E-state index contributed by atoms with van der Waals surface area (Å²) in [5.74, 6) is -0.651. The molecule has 0 atom stereocenters. The van der Waals surface area contributed by atoms with Gasteiger partial charge in [0.1, 0.15) is 29.0 Å². The van der Waals surface area contributed by atoms with E-state index in [-0.39, 0.29) is 29.0 Å². The summed E-state index contributed by atoms with van der Waals surface area (Å²) in [5, 5.41) is 0. The lowest BCUT2D eigenvalue weighted by Gasteiger charge is -2.11. The summed E-state index contributed by atoms with van der Waals surface area (Å²) in [7, 11) is 0. The zero-order valence-corrected chi connectivity index (χ0v) is 27.4. The summed E-state index contributed by atoms with van der Waals surface area (Å²) in [4.78, 5) is 0. The van der Waals surface area contributed by atoms with Gasteiger partial charge in [0.05, 0.1) is 17.7 Å². The zero-order valence-electron chi connectivity index (χ0n) is 27.4. The van der Waals surface area contributed by atoms with Gasteiger partial charge in [-0.1, -0.05) is 74.6 Å². The Labute approximate surface area is 282 Å². The van der Waals surface area contributed by atoms with Crippen LogP contribution in [0.4, 0.5) is 26.3 Å². The van der Waals surface area contributed by atoms with E-state index in [1.807, 2.05) is 19.1 Å². The average Bonchev–Trinajstić information content (AvgIpc) is 3.10. The van der Waals surface area contributed by atoms with Crippen LogP contribution in [0, 0.1) is 42.0 Å². The third-order valence-electron chi connectivity index (χ3n) is 8.00. The Morgan fingerprint density at radius 3 is 1.80 bits per heavy atom. The fourth-order valence-corrected chi connectivity index (χ4v) is 5.28. The maximum Gasteiger partial charge on any atom is 0.169 e. The molecule has 5 rings (SSSR count). The predicted molar refractivity (Wildman–Crippen MR) is 184 cm³/mol. The van der Waals surface area contributed by atoms with Crippen molar-refractivity contribution in [3.63, 3.8) is 0 Å². The lowest BCUT2D eigenvalue weighted by molar-refractivity contribution is 0.316. The Hall–Kier alpha value is -5.22. The van der Waals surface area contributed by atoms with Gasteiger partial charge in [-0.3, -0.25) is 0 Å². The highest BCUT2D eigenvalue weighted by Gasteiger charge is 2.21. The second kappa shape index (κ2) is 15.8. The van der Waals surface area contributed by atoms with Crippen molar-refractivity contribution in [1.29, 1.82) is 0 Å². The number of benzene rings is 5. The molecule has 0 amide bonds. The lowest BCUT2D eigenvalue weighted by Crippen LogP contribution is -2.00. The molecule has 1 nitrogen and oxygen atoms in total. The molecule has 0 saturated heterocycles. The van der Waals surface area contributed by atoms with Crippen molar-refractivity contribution in [2.75, 3.05) is 6.61 Å². The van der Waals surface area contributed by atoms with Gasteiger partial charge in [0.25, 0.3) is 0 Å². The van der Waals surface area contributed by atoms with Gasteiger partial charge < -0.3 is 4.74 Å². The Balaban J connectivity index is 1.40. The Bertz CT molecular complexity index is 2050. The molecule has 49 heavy (non-hydrogen) atoms. The summed E-state index contributed by atoms with van der Waals surface area (Å²) in [6.45, 7) is 5.75. The Kier molecular flexibility index (Phi) is 11.3. The van der Waals surface area contributed by atoms with E-state index < -0.39 is 46.0 Å². The highest BCUT2D eigenvalue weighted by Crippen LogP contribution is 2.35. The second-order valence-corrected chi connectivity index (χ2v) is 11.7. The third-order valence-corrected chi connectivity index (χ3v) is 8.00. The van der Waals surface area contributed by atoms with E-state index in [0.29, 0.717) is 28.7 Å². The van der Waals surface area contributed by atoms with Crippen molar-refractivity contribution in [3.8, 4) is 39.8 Å². The molecular weight excluding hydrogens is 634 g/mol. The first-order chi connectivity index (χ1) is 23.6. The first-order valence-electron chi connectivity index (χ1n) is 16.1. The van der Waals surface area contributed by atoms with Crippen molar-refractivity contribution in [1.82, 2.24) is 0 Å². The van der Waals surface area contributed by atoms with E-state index in [0.717, 1.165) is 49.1 Å². The molecule has 0 bridgehead atoms. The van der Waals surface area contributed by atoms with Crippen LogP contribution in [-0.4, -0.2) is 6.61 Å². The number of ether oxygens (including phenoxy) is 1. The van der Waals surface area contributed by atoms with E-state index >= 15 is 17.6 Å². The van der Waals surface area contributed by atoms with Crippen LogP contribution in [0.2, 0.25) is 0 Å². The molecule has 0 spiro atoms. The van der Waals surface area contributed by atoms with Crippen molar-refractivity contribution in [2.45, 2.75) is 46.5 Å². The van der Waals surface area contributed by atoms with E-state index in [1.165, 1.54) is 18.2 Å². The molecular formula is C42H34F6O. The summed E-state index contributed by atoms with van der Waals surface area (Å²) in [6.07, 6.45) is 3.64. The minimum Gasteiger partial charge on any atom is -0.492 e. The van der Waals surface area contributed by atoms with Gasteiger partial charge in [-0.15, -0.1) is 0 Å². The molecule has 0 aromatic heterocycles. The van der Waals surface area contributed by atoms with E-state index in [9.17, 15) is 8.78 Å². The van der Waals surface area contributed by atoms with Crippen LogP contribution < -0.4 is 4.74 Å². The summed E-state index contributed by atoms with van der Waals surface area (Å²) >= 11 is 0. The van der Waals surface area contributed by atoms with Crippen LogP contribution in [0.15, 0.2) is 91.0 Å². The Morgan fingerprint density at radius 1 is 0.612 bits per heavy atom. The average molecular weight is 669 g/mol. The van der Waals surface area contributed by atoms with E-state index in [4.69, 9.17) is 4.74 Å². The molecule has 5 aromatic carbocycles. The maximum atomic E-state index is 15.3. The van der Waals surface area contributed by atoms with Crippen molar-refractivity contribution in [3.05, 3.63) is 148 Å². The second-order valence-electron chi connectivity index (χ2n) is 11.7. The number of halogens is 6. The number of hydrogen-bond acceptors (Lipinski definition) is 1. The minimum atomic E-state index is -1.58. The summed E-state index contributed by atoms with van der Waals surface area (Å²) < 4.78 is 95.8. The molecule has 0 aliphatic heterocycles. The van der Waals surface area contributed by atoms with Gasteiger partial charge in [-0.25, -0.2) is 26.3 Å². The van der Waals surface area contributed by atoms with Crippen molar-refractivity contribution in [2.24, 2.45) is 0 Å². The van der Waals surface area contributed by atoms with Crippen molar-refractivity contribution < 1.29 is 31.1 Å². The van der Waals surface area contributed by atoms with Gasteiger partial charge in [-0.05, 0) is 97.0 Å². The molecule has 0 unspecified atom stereocenters. The molecule has 250 valence electrons.